The van der Waals surface area contributed by atoms with Gasteiger partial charge < -0.3 is 24.6 Å². The van der Waals surface area contributed by atoms with E-state index < -0.39 is 0 Å². The van der Waals surface area contributed by atoms with E-state index in [1.54, 1.807) is 18.2 Å². The highest BCUT2D eigenvalue weighted by molar-refractivity contribution is 7.80. The number of thiocarbonyl (C=S) groups is 1. The zero-order chi connectivity index (χ0) is 19.5. The van der Waals surface area contributed by atoms with E-state index in [1.165, 1.54) is 6.07 Å². The fourth-order valence-electron chi connectivity index (χ4n) is 3.66. The van der Waals surface area contributed by atoms with Crippen LogP contribution in [0.4, 0.5) is 10.1 Å². The van der Waals surface area contributed by atoms with Gasteiger partial charge in [-0.05, 0) is 75.0 Å². The number of fused-ring (bicyclic) bond motifs is 1. The van der Waals surface area contributed by atoms with Crippen molar-refractivity contribution in [3.63, 3.8) is 0 Å². The fraction of sp³-hybridized carbons (Fsp3) is 0.381. The lowest BCUT2D eigenvalue weighted by Gasteiger charge is -2.39. The van der Waals surface area contributed by atoms with E-state index in [0.717, 1.165) is 43.0 Å². The van der Waals surface area contributed by atoms with Crippen LogP contribution in [0.1, 0.15) is 18.4 Å². The van der Waals surface area contributed by atoms with Crippen LogP contribution in [0, 0.1) is 5.82 Å². The number of halogens is 1. The first-order valence-electron chi connectivity index (χ1n) is 9.49. The zero-order valence-corrected chi connectivity index (χ0v) is 16.7. The van der Waals surface area contributed by atoms with Crippen molar-refractivity contribution in [2.75, 3.05) is 32.2 Å². The number of hydrogen-bond donors (Lipinski definition) is 1. The van der Waals surface area contributed by atoms with Crippen molar-refractivity contribution in [3.05, 3.63) is 53.8 Å². The van der Waals surface area contributed by atoms with E-state index in [1.807, 2.05) is 18.2 Å². The Hall–Kier alpha value is -2.38. The van der Waals surface area contributed by atoms with E-state index >= 15 is 0 Å². The largest absolute Gasteiger partial charge is 0.454 e. The molecule has 148 valence electrons. The third-order valence-electron chi connectivity index (χ3n) is 5.30. The van der Waals surface area contributed by atoms with Gasteiger partial charge in [-0.3, -0.25) is 0 Å². The summed E-state index contributed by atoms with van der Waals surface area (Å²) >= 11 is 5.70. The molecule has 2 aromatic rings. The molecule has 1 N–H and O–H groups in total. The molecule has 7 heteroatoms. The summed E-state index contributed by atoms with van der Waals surface area (Å²) in [7, 11) is 2.13. The Morgan fingerprint density at radius 2 is 1.93 bits per heavy atom. The van der Waals surface area contributed by atoms with E-state index in [-0.39, 0.29) is 12.6 Å². The second-order valence-corrected chi connectivity index (χ2v) is 7.65. The van der Waals surface area contributed by atoms with Crippen molar-refractivity contribution < 1.29 is 13.9 Å². The van der Waals surface area contributed by atoms with Crippen LogP contribution in [0.3, 0.4) is 0 Å². The Balaban J connectivity index is 1.54. The number of nitrogens with zero attached hydrogens (tertiary/aromatic N) is 2. The maximum absolute atomic E-state index is 14.1. The monoisotopic (exact) mass is 401 g/mol. The average Bonchev–Trinajstić information content (AvgIpc) is 3.16. The average molecular weight is 402 g/mol. The molecule has 0 radical (unpaired) electrons. The number of ether oxygens (including phenoxy) is 2. The highest BCUT2D eigenvalue weighted by atomic mass is 32.1. The van der Waals surface area contributed by atoms with Crippen LogP contribution in [0.15, 0.2) is 42.5 Å². The molecule has 0 bridgehead atoms. The topological polar surface area (TPSA) is 37.0 Å². The van der Waals surface area contributed by atoms with Crippen LogP contribution in [-0.4, -0.2) is 47.9 Å². The number of para-hydroxylation sites is 1. The molecular weight excluding hydrogens is 377 g/mol. The minimum absolute atomic E-state index is 0.255. The van der Waals surface area contributed by atoms with Gasteiger partial charge >= 0.3 is 0 Å². The van der Waals surface area contributed by atoms with Gasteiger partial charge in [-0.2, -0.15) is 0 Å². The van der Waals surface area contributed by atoms with E-state index in [4.69, 9.17) is 21.7 Å². The number of nitrogens with one attached hydrogen (secondary N) is 1. The Bertz CT molecular complexity index is 855. The highest BCUT2D eigenvalue weighted by Crippen LogP contribution is 2.33. The lowest BCUT2D eigenvalue weighted by atomic mass is 10.0. The van der Waals surface area contributed by atoms with Crippen LogP contribution in [0.2, 0.25) is 0 Å². The van der Waals surface area contributed by atoms with E-state index in [2.05, 4.69) is 22.2 Å². The third kappa shape index (κ3) is 4.20. The summed E-state index contributed by atoms with van der Waals surface area (Å²) in [5.74, 6) is 1.21. The van der Waals surface area contributed by atoms with Crippen molar-refractivity contribution >= 4 is 23.0 Å². The van der Waals surface area contributed by atoms with Crippen LogP contribution < -0.4 is 14.8 Å². The van der Waals surface area contributed by atoms with Crippen LogP contribution in [-0.2, 0) is 6.54 Å². The summed E-state index contributed by atoms with van der Waals surface area (Å²) in [5.41, 5.74) is 1.48. The second-order valence-electron chi connectivity index (χ2n) is 7.26. The van der Waals surface area contributed by atoms with E-state index in [9.17, 15) is 4.39 Å². The number of rotatable bonds is 4. The smallest absolute Gasteiger partial charge is 0.231 e. The summed E-state index contributed by atoms with van der Waals surface area (Å²) in [4.78, 5) is 4.49. The summed E-state index contributed by atoms with van der Waals surface area (Å²) < 4.78 is 25.0. The highest BCUT2D eigenvalue weighted by Gasteiger charge is 2.26. The zero-order valence-electron chi connectivity index (χ0n) is 15.9. The molecule has 2 aromatic carbocycles. The molecular formula is C21H24FN3O2S. The van der Waals surface area contributed by atoms with Gasteiger partial charge in [-0.25, -0.2) is 4.39 Å². The Labute approximate surface area is 170 Å². The molecule has 1 saturated heterocycles. The first kappa shape index (κ1) is 19.0. The van der Waals surface area contributed by atoms with Crippen LogP contribution in [0.5, 0.6) is 11.5 Å². The molecule has 0 spiro atoms. The fourth-order valence-corrected chi connectivity index (χ4v) is 3.98. The maximum Gasteiger partial charge on any atom is 0.231 e. The molecule has 2 aliphatic rings. The quantitative estimate of drug-likeness (QED) is 0.785. The number of hydrogen-bond acceptors (Lipinski definition) is 4. The van der Waals surface area contributed by atoms with Crippen molar-refractivity contribution in [2.24, 2.45) is 0 Å². The first-order valence-corrected chi connectivity index (χ1v) is 9.90. The standard InChI is InChI=1S/C21H24FN3O2S/c1-24-10-8-16(9-11-24)25(21(28)23-18-5-3-2-4-17(18)22)13-15-6-7-19-20(12-15)27-14-26-19/h2-7,12,16H,8-11,13-14H2,1H3,(H,23,28). The van der Waals surface area contributed by atoms with Gasteiger partial charge in [0.1, 0.15) is 5.82 Å². The second kappa shape index (κ2) is 8.32. The molecule has 0 aromatic heterocycles. The molecule has 0 amide bonds. The SMILES string of the molecule is CN1CCC(N(Cc2ccc3c(c2)OCO3)C(=S)Nc2ccccc2F)CC1. The maximum atomic E-state index is 14.1. The number of benzene rings is 2. The molecule has 0 atom stereocenters. The molecule has 5 nitrogen and oxygen atoms in total. The van der Waals surface area contributed by atoms with Crippen molar-refractivity contribution in [2.45, 2.75) is 25.4 Å². The Kier molecular flexibility index (Phi) is 5.64. The summed E-state index contributed by atoms with van der Waals surface area (Å²) in [6.45, 7) is 2.92. The first-order chi connectivity index (χ1) is 13.6. The van der Waals surface area contributed by atoms with Gasteiger partial charge in [0.25, 0.3) is 0 Å². The minimum atomic E-state index is -0.309. The molecule has 4 rings (SSSR count). The normalized spacial score (nSPS) is 16.8. The number of anilines is 1. The molecule has 0 saturated carbocycles. The summed E-state index contributed by atoms with van der Waals surface area (Å²) in [6.07, 6.45) is 2.03. The van der Waals surface area contributed by atoms with Crippen molar-refractivity contribution in [3.8, 4) is 11.5 Å². The predicted molar refractivity (Wildman–Crippen MR) is 111 cm³/mol. The van der Waals surface area contributed by atoms with Gasteiger partial charge in [-0.15, -0.1) is 0 Å². The number of likely N-dealkylation sites (tertiary alicyclic amines) is 1. The molecule has 2 heterocycles. The summed E-state index contributed by atoms with van der Waals surface area (Å²) in [6, 6.07) is 12.9. The Morgan fingerprint density at radius 3 is 2.71 bits per heavy atom. The molecule has 28 heavy (non-hydrogen) atoms. The van der Waals surface area contributed by atoms with Gasteiger partial charge in [0.2, 0.25) is 6.79 Å². The van der Waals surface area contributed by atoms with E-state index in [0.29, 0.717) is 23.4 Å². The minimum Gasteiger partial charge on any atom is -0.454 e. The van der Waals surface area contributed by atoms with Crippen molar-refractivity contribution in [1.29, 1.82) is 0 Å². The summed E-state index contributed by atoms with van der Waals surface area (Å²) in [5, 5.41) is 3.64. The van der Waals surface area contributed by atoms with Gasteiger partial charge in [0.05, 0.1) is 5.69 Å². The Morgan fingerprint density at radius 1 is 1.18 bits per heavy atom. The van der Waals surface area contributed by atoms with Crippen LogP contribution >= 0.6 is 12.2 Å². The van der Waals surface area contributed by atoms with Crippen LogP contribution in [0.25, 0.3) is 0 Å². The van der Waals surface area contributed by atoms with Gasteiger partial charge in [0, 0.05) is 12.6 Å². The lowest BCUT2D eigenvalue weighted by molar-refractivity contribution is 0.172. The molecule has 0 aliphatic carbocycles. The number of piperidine rings is 1. The third-order valence-corrected chi connectivity index (χ3v) is 5.63. The molecule has 0 unspecified atom stereocenters. The van der Waals surface area contributed by atoms with Gasteiger partial charge in [-0.1, -0.05) is 18.2 Å². The predicted octanol–water partition coefficient (Wildman–Crippen LogP) is 3.85. The van der Waals surface area contributed by atoms with Crippen molar-refractivity contribution in [1.82, 2.24) is 9.80 Å². The lowest BCUT2D eigenvalue weighted by Crippen LogP contribution is -2.47. The molecule has 1 fully saturated rings. The van der Waals surface area contributed by atoms with Gasteiger partial charge in [0.15, 0.2) is 16.6 Å². The molecule has 2 aliphatic heterocycles.